The molecule has 0 spiro atoms. The second kappa shape index (κ2) is 8.87. The number of rotatable bonds is 8. The quantitative estimate of drug-likeness (QED) is 0.665. The Morgan fingerprint density at radius 1 is 0.833 bits per heavy atom. The summed E-state index contributed by atoms with van der Waals surface area (Å²) >= 11 is 0. The Morgan fingerprint density at radius 3 is 2.00 bits per heavy atom. The predicted molar refractivity (Wildman–Crippen MR) is 93.7 cm³/mol. The molecule has 4 heteroatoms. The molecule has 0 saturated heterocycles. The maximum Gasteiger partial charge on any atom is 0.306 e. The lowest BCUT2D eigenvalue weighted by molar-refractivity contribution is -0.152. The maximum absolute atomic E-state index is 11.8. The summed E-state index contributed by atoms with van der Waals surface area (Å²) in [6.45, 7) is 4.31. The topological polar surface area (TPSA) is 74.6 Å². The van der Waals surface area contributed by atoms with Crippen molar-refractivity contribution in [3.63, 3.8) is 0 Å². The van der Waals surface area contributed by atoms with E-state index in [2.05, 4.69) is 13.8 Å². The molecule has 0 radical (unpaired) electrons. The van der Waals surface area contributed by atoms with Crippen LogP contribution in [0.15, 0.2) is 0 Å². The first-order valence-corrected chi connectivity index (χ1v) is 9.93. The van der Waals surface area contributed by atoms with Gasteiger partial charge >= 0.3 is 11.9 Å². The SMILES string of the molecule is CCCCC1CC2CC(C(=O)O)CC(CCCC)C2CC1C(=O)O. The first-order chi connectivity index (χ1) is 11.5. The number of hydrogen-bond acceptors (Lipinski definition) is 2. The van der Waals surface area contributed by atoms with Crippen LogP contribution in [0.4, 0.5) is 0 Å². The average Bonchev–Trinajstić information content (AvgIpc) is 2.56. The molecular weight excluding hydrogens is 304 g/mol. The van der Waals surface area contributed by atoms with Crippen LogP contribution in [0.25, 0.3) is 0 Å². The summed E-state index contributed by atoms with van der Waals surface area (Å²) in [6.07, 6.45) is 9.66. The van der Waals surface area contributed by atoms with Crippen LogP contribution >= 0.6 is 0 Å². The van der Waals surface area contributed by atoms with E-state index in [1.165, 1.54) is 0 Å². The molecule has 0 amide bonds. The third-order valence-corrected chi connectivity index (χ3v) is 6.61. The van der Waals surface area contributed by atoms with Gasteiger partial charge in [-0.15, -0.1) is 0 Å². The van der Waals surface area contributed by atoms with Gasteiger partial charge in [0.15, 0.2) is 0 Å². The molecule has 0 aliphatic heterocycles. The van der Waals surface area contributed by atoms with Gasteiger partial charge in [0.1, 0.15) is 0 Å². The van der Waals surface area contributed by atoms with Gasteiger partial charge < -0.3 is 10.2 Å². The van der Waals surface area contributed by atoms with Crippen LogP contribution in [0.2, 0.25) is 0 Å². The number of unbranched alkanes of at least 4 members (excludes halogenated alkanes) is 2. The van der Waals surface area contributed by atoms with Crippen molar-refractivity contribution in [2.24, 2.45) is 35.5 Å². The molecule has 24 heavy (non-hydrogen) atoms. The minimum atomic E-state index is -0.652. The van der Waals surface area contributed by atoms with Crippen LogP contribution in [-0.2, 0) is 9.59 Å². The molecule has 6 atom stereocenters. The minimum absolute atomic E-state index is 0.219. The summed E-state index contributed by atoms with van der Waals surface area (Å²) in [5.74, 6) is -0.249. The standard InChI is InChI=1S/C20H34O4/c1-3-5-7-13-10-16(19(21)22)11-15-9-14(8-6-4-2)18(20(23)24)12-17(13)15/h13-18H,3-12H2,1-2H3,(H,21,22)(H,23,24). The molecule has 138 valence electrons. The Morgan fingerprint density at radius 2 is 1.46 bits per heavy atom. The fourth-order valence-electron chi connectivity index (χ4n) is 5.34. The van der Waals surface area contributed by atoms with Crippen LogP contribution in [0.5, 0.6) is 0 Å². The van der Waals surface area contributed by atoms with Crippen molar-refractivity contribution >= 4 is 11.9 Å². The normalized spacial score (nSPS) is 36.1. The van der Waals surface area contributed by atoms with Crippen LogP contribution in [-0.4, -0.2) is 22.2 Å². The zero-order valence-corrected chi connectivity index (χ0v) is 15.2. The number of carboxylic acids is 2. The van der Waals surface area contributed by atoms with Crippen molar-refractivity contribution in [3.8, 4) is 0 Å². The summed E-state index contributed by atoms with van der Waals surface area (Å²) in [4.78, 5) is 23.4. The molecule has 0 aromatic rings. The van der Waals surface area contributed by atoms with E-state index in [9.17, 15) is 19.8 Å². The lowest BCUT2D eigenvalue weighted by Crippen LogP contribution is -2.44. The van der Waals surface area contributed by atoms with Crippen LogP contribution in [0.3, 0.4) is 0 Å². The fraction of sp³-hybridized carbons (Fsp3) is 0.900. The van der Waals surface area contributed by atoms with Gasteiger partial charge in [0.05, 0.1) is 11.8 Å². The molecule has 0 aromatic carbocycles. The Labute approximate surface area is 146 Å². The number of carboxylic acid groups (broad SMARTS) is 2. The largest absolute Gasteiger partial charge is 0.481 e. The van der Waals surface area contributed by atoms with E-state index in [0.29, 0.717) is 17.8 Å². The van der Waals surface area contributed by atoms with E-state index in [0.717, 1.165) is 64.2 Å². The third-order valence-electron chi connectivity index (χ3n) is 6.61. The average molecular weight is 338 g/mol. The Balaban J connectivity index is 2.15. The summed E-state index contributed by atoms with van der Waals surface area (Å²) in [7, 11) is 0. The van der Waals surface area contributed by atoms with Crippen molar-refractivity contribution in [3.05, 3.63) is 0 Å². The van der Waals surface area contributed by atoms with Gasteiger partial charge in [-0.3, -0.25) is 9.59 Å². The Bertz CT molecular complexity index is 433. The van der Waals surface area contributed by atoms with Gasteiger partial charge in [-0.25, -0.2) is 0 Å². The molecular formula is C20H34O4. The molecule has 0 bridgehead atoms. The number of hydrogen-bond donors (Lipinski definition) is 2. The highest BCUT2D eigenvalue weighted by Crippen LogP contribution is 2.51. The van der Waals surface area contributed by atoms with Gasteiger partial charge in [-0.1, -0.05) is 46.0 Å². The fourth-order valence-corrected chi connectivity index (χ4v) is 5.34. The van der Waals surface area contributed by atoms with Crippen LogP contribution in [0.1, 0.15) is 78.1 Å². The summed E-state index contributed by atoms with van der Waals surface area (Å²) in [5, 5.41) is 19.2. The van der Waals surface area contributed by atoms with Gasteiger partial charge in [-0.05, 0) is 55.8 Å². The van der Waals surface area contributed by atoms with Crippen molar-refractivity contribution in [1.29, 1.82) is 0 Å². The maximum atomic E-state index is 11.8. The number of fused-ring (bicyclic) bond motifs is 1. The van der Waals surface area contributed by atoms with Crippen LogP contribution < -0.4 is 0 Å². The van der Waals surface area contributed by atoms with E-state index in [-0.39, 0.29) is 17.8 Å². The molecule has 2 fully saturated rings. The summed E-state index contributed by atoms with van der Waals surface area (Å²) in [6, 6.07) is 0. The van der Waals surface area contributed by atoms with Gasteiger partial charge in [-0.2, -0.15) is 0 Å². The van der Waals surface area contributed by atoms with Crippen molar-refractivity contribution in [2.75, 3.05) is 0 Å². The zero-order valence-electron chi connectivity index (χ0n) is 15.2. The van der Waals surface area contributed by atoms with Crippen molar-refractivity contribution in [1.82, 2.24) is 0 Å². The highest BCUT2D eigenvalue weighted by Gasteiger charge is 2.47. The summed E-state index contributed by atoms with van der Waals surface area (Å²) < 4.78 is 0. The number of aliphatic carboxylic acids is 2. The highest BCUT2D eigenvalue weighted by atomic mass is 16.4. The Hall–Kier alpha value is -1.06. The molecule has 0 heterocycles. The molecule has 2 saturated carbocycles. The first-order valence-electron chi connectivity index (χ1n) is 9.93. The molecule has 2 rings (SSSR count). The number of carbonyl (C=O) groups is 2. The third kappa shape index (κ3) is 4.52. The molecule has 2 aliphatic rings. The van der Waals surface area contributed by atoms with Gasteiger partial charge in [0.2, 0.25) is 0 Å². The molecule has 2 aliphatic carbocycles. The first kappa shape index (κ1) is 19.3. The van der Waals surface area contributed by atoms with E-state index < -0.39 is 11.9 Å². The molecule has 4 nitrogen and oxygen atoms in total. The van der Waals surface area contributed by atoms with E-state index in [1.54, 1.807) is 0 Å². The molecule has 6 unspecified atom stereocenters. The highest BCUT2D eigenvalue weighted by molar-refractivity contribution is 5.71. The Kier molecular flexibility index (Phi) is 7.12. The van der Waals surface area contributed by atoms with Crippen LogP contribution in [0, 0.1) is 35.5 Å². The van der Waals surface area contributed by atoms with E-state index in [4.69, 9.17) is 0 Å². The zero-order chi connectivity index (χ0) is 17.7. The minimum Gasteiger partial charge on any atom is -0.481 e. The second-order valence-electron chi connectivity index (χ2n) is 8.15. The lowest BCUT2D eigenvalue weighted by Gasteiger charge is -2.48. The van der Waals surface area contributed by atoms with Gasteiger partial charge in [0, 0.05) is 0 Å². The molecule has 2 N–H and O–H groups in total. The van der Waals surface area contributed by atoms with Gasteiger partial charge in [0.25, 0.3) is 0 Å². The smallest absolute Gasteiger partial charge is 0.306 e. The molecule has 0 aromatic heterocycles. The monoisotopic (exact) mass is 338 g/mol. The second-order valence-corrected chi connectivity index (χ2v) is 8.15. The summed E-state index contributed by atoms with van der Waals surface area (Å²) in [5.41, 5.74) is 0. The van der Waals surface area contributed by atoms with Crippen molar-refractivity contribution < 1.29 is 19.8 Å². The predicted octanol–water partition coefficient (Wildman–Crippen LogP) is 4.82. The van der Waals surface area contributed by atoms with E-state index in [1.807, 2.05) is 0 Å². The lowest BCUT2D eigenvalue weighted by atomic mass is 9.56. The van der Waals surface area contributed by atoms with E-state index >= 15 is 0 Å². The van der Waals surface area contributed by atoms with Crippen molar-refractivity contribution in [2.45, 2.75) is 78.1 Å².